The van der Waals surface area contributed by atoms with Crippen molar-refractivity contribution in [1.82, 2.24) is 14.9 Å². The first kappa shape index (κ1) is 12.9. The summed E-state index contributed by atoms with van der Waals surface area (Å²) in [7, 11) is 0. The average molecular weight is 260 g/mol. The molecule has 104 valence electrons. The highest BCUT2D eigenvalue weighted by Gasteiger charge is 2.27. The monoisotopic (exact) mass is 260 g/mol. The van der Waals surface area contributed by atoms with Gasteiger partial charge in [-0.25, -0.2) is 9.97 Å². The van der Waals surface area contributed by atoms with E-state index in [1.165, 1.54) is 44.3 Å². The van der Waals surface area contributed by atoms with Crippen LogP contribution in [0.5, 0.6) is 0 Å². The van der Waals surface area contributed by atoms with E-state index in [-0.39, 0.29) is 0 Å². The molecule has 2 aliphatic rings. The Bertz CT molecular complexity index is 432. The third-order valence-corrected chi connectivity index (χ3v) is 4.76. The summed E-state index contributed by atoms with van der Waals surface area (Å²) in [5.41, 5.74) is 2.33. The second-order valence-corrected chi connectivity index (χ2v) is 5.87. The van der Waals surface area contributed by atoms with Gasteiger partial charge < -0.3 is 4.90 Å². The van der Waals surface area contributed by atoms with E-state index in [1.807, 2.05) is 0 Å². The zero-order valence-corrected chi connectivity index (χ0v) is 12.1. The molecule has 4 nitrogen and oxygen atoms in total. The summed E-state index contributed by atoms with van der Waals surface area (Å²) in [6.07, 6.45) is 7.36. The first-order valence-electron chi connectivity index (χ1n) is 7.53. The van der Waals surface area contributed by atoms with Gasteiger partial charge in [-0.1, -0.05) is 12.8 Å². The molecule has 2 heterocycles. The SMILES string of the molecule is Cc1ncnc(N2CCN(C3CCCC3)CC2)c1C. The topological polar surface area (TPSA) is 32.3 Å². The Morgan fingerprint density at radius 1 is 1.00 bits per heavy atom. The number of anilines is 1. The highest BCUT2D eigenvalue weighted by molar-refractivity contribution is 5.47. The van der Waals surface area contributed by atoms with E-state index in [1.54, 1.807) is 6.33 Å². The number of hydrogen-bond donors (Lipinski definition) is 0. The van der Waals surface area contributed by atoms with Crippen LogP contribution in [0, 0.1) is 13.8 Å². The summed E-state index contributed by atoms with van der Waals surface area (Å²) in [5.74, 6) is 1.14. The van der Waals surface area contributed by atoms with Crippen molar-refractivity contribution in [2.45, 2.75) is 45.6 Å². The third-order valence-electron chi connectivity index (χ3n) is 4.76. The van der Waals surface area contributed by atoms with Crippen molar-refractivity contribution in [2.75, 3.05) is 31.1 Å². The first-order valence-corrected chi connectivity index (χ1v) is 7.53. The normalized spacial score (nSPS) is 22.1. The molecule has 0 radical (unpaired) electrons. The van der Waals surface area contributed by atoms with Crippen molar-refractivity contribution in [2.24, 2.45) is 0 Å². The fraction of sp³-hybridized carbons (Fsp3) is 0.733. The van der Waals surface area contributed by atoms with Gasteiger partial charge in [0.2, 0.25) is 0 Å². The zero-order valence-electron chi connectivity index (χ0n) is 12.1. The van der Waals surface area contributed by atoms with Gasteiger partial charge >= 0.3 is 0 Å². The molecular weight excluding hydrogens is 236 g/mol. The lowest BCUT2D eigenvalue weighted by atomic mass is 10.1. The molecule has 19 heavy (non-hydrogen) atoms. The number of piperazine rings is 1. The molecule has 0 aromatic carbocycles. The molecule has 0 amide bonds. The molecule has 1 aliphatic heterocycles. The summed E-state index contributed by atoms with van der Waals surface area (Å²) in [4.78, 5) is 13.9. The smallest absolute Gasteiger partial charge is 0.135 e. The Hall–Kier alpha value is -1.16. The summed E-state index contributed by atoms with van der Waals surface area (Å²) in [5, 5.41) is 0. The summed E-state index contributed by atoms with van der Waals surface area (Å²) in [6, 6.07) is 0.857. The molecule has 1 aromatic rings. The summed E-state index contributed by atoms with van der Waals surface area (Å²) >= 11 is 0. The molecule has 0 spiro atoms. The standard InChI is InChI=1S/C15H24N4/c1-12-13(2)16-11-17-15(12)19-9-7-18(8-10-19)14-5-3-4-6-14/h11,14H,3-10H2,1-2H3. The molecule has 1 aliphatic carbocycles. The maximum absolute atomic E-state index is 4.48. The van der Waals surface area contributed by atoms with Crippen molar-refractivity contribution in [1.29, 1.82) is 0 Å². The van der Waals surface area contributed by atoms with E-state index in [2.05, 4.69) is 33.6 Å². The molecule has 2 fully saturated rings. The van der Waals surface area contributed by atoms with Crippen LogP contribution in [0.1, 0.15) is 36.9 Å². The number of aromatic nitrogens is 2. The largest absolute Gasteiger partial charge is 0.354 e. The van der Waals surface area contributed by atoms with E-state index in [0.29, 0.717) is 0 Å². The number of aryl methyl sites for hydroxylation is 1. The van der Waals surface area contributed by atoms with E-state index in [4.69, 9.17) is 0 Å². The van der Waals surface area contributed by atoms with Crippen LogP contribution < -0.4 is 4.90 Å². The first-order chi connectivity index (χ1) is 9.25. The van der Waals surface area contributed by atoms with Crippen LogP contribution >= 0.6 is 0 Å². The number of nitrogens with zero attached hydrogens (tertiary/aromatic N) is 4. The van der Waals surface area contributed by atoms with Crippen LogP contribution in [0.2, 0.25) is 0 Å². The van der Waals surface area contributed by atoms with Crippen LogP contribution in [0.4, 0.5) is 5.82 Å². The zero-order chi connectivity index (χ0) is 13.2. The van der Waals surface area contributed by atoms with Gasteiger partial charge in [0.05, 0.1) is 0 Å². The van der Waals surface area contributed by atoms with Crippen LogP contribution in [-0.4, -0.2) is 47.1 Å². The molecule has 0 bridgehead atoms. The Kier molecular flexibility index (Phi) is 3.69. The lowest BCUT2D eigenvalue weighted by Crippen LogP contribution is -2.50. The van der Waals surface area contributed by atoms with E-state index in [9.17, 15) is 0 Å². The molecule has 1 saturated heterocycles. The Morgan fingerprint density at radius 2 is 1.68 bits per heavy atom. The summed E-state index contributed by atoms with van der Waals surface area (Å²) in [6.45, 7) is 8.78. The second-order valence-electron chi connectivity index (χ2n) is 5.87. The maximum atomic E-state index is 4.48. The molecule has 1 saturated carbocycles. The lowest BCUT2D eigenvalue weighted by molar-refractivity contribution is 0.187. The molecule has 4 heteroatoms. The van der Waals surface area contributed by atoms with Crippen LogP contribution in [-0.2, 0) is 0 Å². The van der Waals surface area contributed by atoms with Crippen molar-refractivity contribution >= 4 is 5.82 Å². The molecule has 0 atom stereocenters. The van der Waals surface area contributed by atoms with Crippen LogP contribution in [0.15, 0.2) is 6.33 Å². The van der Waals surface area contributed by atoms with Gasteiger partial charge in [0.15, 0.2) is 0 Å². The Balaban J connectivity index is 1.64. The van der Waals surface area contributed by atoms with Crippen LogP contribution in [0.3, 0.4) is 0 Å². The van der Waals surface area contributed by atoms with Gasteiger partial charge in [-0.15, -0.1) is 0 Å². The van der Waals surface area contributed by atoms with Gasteiger partial charge in [-0.2, -0.15) is 0 Å². The quantitative estimate of drug-likeness (QED) is 0.815. The second kappa shape index (κ2) is 5.45. The van der Waals surface area contributed by atoms with Gasteiger partial charge in [-0.05, 0) is 26.7 Å². The fourth-order valence-corrected chi connectivity index (χ4v) is 3.41. The fourth-order valence-electron chi connectivity index (χ4n) is 3.41. The van der Waals surface area contributed by atoms with Gasteiger partial charge in [0.1, 0.15) is 12.1 Å². The number of hydrogen-bond acceptors (Lipinski definition) is 4. The Morgan fingerprint density at radius 3 is 2.37 bits per heavy atom. The maximum Gasteiger partial charge on any atom is 0.135 e. The minimum Gasteiger partial charge on any atom is -0.354 e. The predicted octanol–water partition coefficient (Wildman–Crippen LogP) is 2.16. The highest BCUT2D eigenvalue weighted by Crippen LogP contribution is 2.26. The predicted molar refractivity (Wildman–Crippen MR) is 77.5 cm³/mol. The summed E-state index contributed by atoms with van der Waals surface area (Å²) < 4.78 is 0. The van der Waals surface area contributed by atoms with Gasteiger partial charge in [0.25, 0.3) is 0 Å². The van der Waals surface area contributed by atoms with Crippen LogP contribution in [0.25, 0.3) is 0 Å². The molecule has 1 aromatic heterocycles. The minimum atomic E-state index is 0.857. The van der Waals surface area contributed by atoms with Crippen molar-refractivity contribution in [3.05, 3.63) is 17.6 Å². The highest BCUT2D eigenvalue weighted by atomic mass is 15.3. The van der Waals surface area contributed by atoms with Crippen molar-refractivity contribution in [3.8, 4) is 0 Å². The van der Waals surface area contributed by atoms with Gasteiger partial charge in [0, 0.05) is 43.5 Å². The lowest BCUT2D eigenvalue weighted by Gasteiger charge is -2.39. The van der Waals surface area contributed by atoms with Crippen molar-refractivity contribution in [3.63, 3.8) is 0 Å². The van der Waals surface area contributed by atoms with E-state index < -0.39 is 0 Å². The average Bonchev–Trinajstić information content (AvgIpc) is 2.96. The number of rotatable bonds is 2. The Labute approximate surface area is 115 Å². The minimum absolute atomic E-state index is 0.857. The van der Waals surface area contributed by atoms with Crippen molar-refractivity contribution < 1.29 is 0 Å². The molecular formula is C15H24N4. The molecule has 0 N–H and O–H groups in total. The third kappa shape index (κ3) is 2.59. The van der Waals surface area contributed by atoms with Gasteiger partial charge in [-0.3, -0.25) is 4.90 Å². The van der Waals surface area contributed by atoms with E-state index in [0.717, 1.165) is 30.6 Å². The van der Waals surface area contributed by atoms with E-state index >= 15 is 0 Å². The molecule has 3 rings (SSSR count). The molecule has 0 unspecified atom stereocenters.